The molecular formula is C13H11N5. The van der Waals surface area contributed by atoms with Crippen LogP contribution in [0.2, 0.25) is 0 Å². The number of rotatable bonds is 1. The van der Waals surface area contributed by atoms with E-state index in [9.17, 15) is 0 Å². The summed E-state index contributed by atoms with van der Waals surface area (Å²) in [4.78, 5) is 8.85. The predicted octanol–water partition coefficient (Wildman–Crippen LogP) is 1.85. The number of aromatic nitrogens is 4. The molecule has 0 N–H and O–H groups in total. The van der Waals surface area contributed by atoms with Crippen LogP contribution in [0.3, 0.4) is 0 Å². The number of aryl methyl sites for hydroxylation is 2. The number of fused-ring (bicyclic) bond motifs is 1. The Kier molecular flexibility index (Phi) is 2.17. The minimum Gasteiger partial charge on any atom is -0.340 e. The Hall–Kier alpha value is -2.61. The second-order valence-electron chi connectivity index (χ2n) is 4.23. The molecule has 0 spiro atoms. The van der Waals surface area contributed by atoms with Crippen molar-refractivity contribution in [2.75, 3.05) is 0 Å². The first kappa shape index (κ1) is 10.5. The fraction of sp³-hybridized carbons (Fsp3) is 0.154. The Morgan fingerprint density at radius 2 is 2.11 bits per heavy atom. The summed E-state index contributed by atoms with van der Waals surface area (Å²) >= 11 is 0. The fourth-order valence-corrected chi connectivity index (χ4v) is 2.02. The van der Waals surface area contributed by atoms with Crippen LogP contribution < -0.4 is 0 Å². The highest BCUT2D eigenvalue weighted by molar-refractivity contribution is 5.81. The zero-order chi connectivity index (χ0) is 12.7. The number of hydrogen-bond donors (Lipinski definition) is 0. The van der Waals surface area contributed by atoms with Gasteiger partial charge in [-0.05, 0) is 18.2 Å². The SMILES string of the molecule is Cn1cnc(-c2nc3ccc(C#N)cc3n2C)c1. The molecule has 2 heterocycles. The molecule has 0 unspecified atom stereocenters. The molecule has 0 saturated carbocycles. The van der Waals surface area contributed by atoms with Crippen molar-refractivity contribution in [2.24, 2.45) is 14.1 Å². The minimum absolute atomic E-state index is 0.637. The van der Waals surface area contributed by atoms with Gasteiger partial charge < -0.3 is 9.13 Å². The van der Waals surface area contributed by atoms with Gasteiger partial charge in [0.25, 0.3) is 0 Å². The maximum absolute atomic E-state index is 8.92. The number of nitriles is 1. The highest BCUT2D eigenvalue weighted by Gasteiger charge is 2.12. The molecule has 0 aliphatic carbocycles. The Morgan fingerprint density at radius 1 is 1.28 bits per heavy atom. The molecule has 3 aromatic rings. The summed E-state index contributed by atoms with van der Waals surface area (Å²) < 4.78 is 3.84. The molecule has 5 heteroatoms. The largest absolute Gasteiger partial charge is 0.340 e. The summed E-state index contributed by atoms with van der Waals surface area (Å²) in [6, 6.07) is 7.62. The van der Waals surface area contributed by atoms with Gasteiger partial charge >= 0.3 is 0 Å². The van der Waals surface area contributed by atoms with E-state index in [4.69, 9.17) is 5.26 Å². The van der Waals surface area contributed by atoms with Gasteiger partial charge in [-0.2, -0.15) is 5.26 Å². The van der Waals surface area contributed by atoms with Crippen molar-refractivity contribution in [1.29, 1.82) is 5.26 Å². The zero-order valence-corrected chi connectivity index (χ0v) is 10.1. The lowest BCUT2D eigenvalue weighted by Gasteiger charge is -1.98. The van der Waals surface area contributed by atoms with E-state index in [-0.39, 0.29) is 0 Å². The summed E-state index contributed by atoms with van der Waals surface area (Å²) in [6.07, 6.45) is 3.67. The normalized spacial score (nSPS) is 10.7. The Morgan fingerprint density at radius 3 is 2.78 bits per heavy atom. The zero-order valence-electron chi connectivity index (χ0n) is 10.1. The molecule has 0 aliphatic rings. The molecule has 0 bridgehead atoms. The van der Waals surface area contributed by atoms with Crippen LogP contribution in [0.1, 0.15) is 5.56 Å². The summed E-state index contributed by atoms with van der Waals surface area (Å²) in [5, 5.41) is 8.92. The third-order valence-corrected chi connectivity index (χ3v) is 2.94. The molecule has 1 aromatic carbocycles. The smallest absolute Gasteiger partial charge is 0.161 e. The summed E-state index contributed by atoms with van der Waals surface area (Å²) in [5.74, 6) is 0.806. The van der Waals surface area contributed by atoms with Gasteiger partial charge in [-0.15, -0.1) is 0 Å². The van der Waals surface area contributed by atoms with Gasteiger partial charge in [-0.1, -0.05) is 0 Å². The average Bonchev–Trinajstić information content (AvgIpc) is 2.94. The van der Waals surface area contributed by atoms with Gasteiger partial charge in [-0.25, -0.2) is 9.97 Å². The van der Waals surface area contributed by atoms with E-state index in [1.165, 1.54) is 0 Å². The number of benzene rings is 1. The molecule has 3 rings (SSSR count). The monoisotopic (exact) mass is 237 g/mol. The first-order chi connectivity index (χ1) is 8.69. The van der Waals surface area contributed by atoms with Crippen molar-refractivity contribution in [3.8, 4) is 17.6 Å². The van der Waals surface area contributed by atoms with Gasteiger partial charge in [0.2, 0.25) is 0 Å². The summed E-state index contributed by atoms with van der Waals surface area (Å²) in [5.41, 5.74) is 3.28. The fourth-order valence-electron chi connectivity index (χ4n) is 2.02. The molecule has 88 valence electrons. The van der Waals surface area contributed by atoms with Crippen molar-refractivity contribution in [1.82, 2.24) is 19.1 Å². The van der Waals surface area contributed by atoms with Gasteiger partial charge in [0.1, 0.15) is 5.69 Å². The lowest BCUT2D eigenvalue weighted by molar-refractivity contribution is 0.912. The molecule has 0 saturated heterocycles. The van der Waals surface area contributed by atoms with Crippen molar-refractivity contribution in [3.63, 3.8) is 0 Å². The number of imidazole rings is 2. The molecular weight excluding hydrogens is 226 g/mol. The quantitative estimate of drug-likeness (QED) is 0.649. The summed E-state index contributed by atoms with van der Waals surface area (Å²) in [7, 11) is 3.85. The van der Waals surface area contributed by atoms with Gasteiger partial charge in [0.15, 0.2) is 5.82 Å². The lowest BCUT2D eigenvalue weighted by atomic mass is 10.2. The standard InChI is InChI=1S/C13H11N5/c1-17-7-11(15-8-17)13-16-10-4-3-9(6-14)5-12(10)18(13)2/h3-5,7-8H,1-2H3. The van der Waals surface area contributed by atoms with E-state index >= 15 is 0 Å². The lowest BCUT2D eigenvalue weighted by Crippen LogP contribution is -1.92. The molecule has 0 radical (unpaired) electrons. The molecule has 0 amide bonds. The molecule has 0 aliphatic heterocycles. The molecule has 0 atom stereocenters. The third-order valence-electron chi connectivity index (χ3n) is 2.94. The van der Waals surface area contributed by atoms with Gasteiger partial charge in [0.05, 0.1) is 29.0 Å². The van der Waals surface area contributed by atoms with E-state index < -0.39 is 0 Å². The average molecular weight is 237 g/mol. The maximum Gasteiger partial charge on any atom is 0.161 e. The first-order valence-corrected chi connectivity index (χ1v) is 5.54. The Labute approximate surface area is 104 Å². The van der Waals surface area contributed by atoms with Crippen LogP contribution in [-0.4, -0.2) is 19.1 Å². The van der Waals surface area contributed by atoms with Crippen LogP contribution >= 0.6 is 0 Å². The highest BCUT2D eigenvalue weighted by Crippen LogP contribution is 2.22. The van der Waals surface area contributed by atoms with E-state index in [1.807, 2.05) is 41.6 Å². The van der Waals surface area contributed by atoms with Crippen molar-refractivity contribution in [2.45, 2.75) is 0 Å². The summed E-state index contributed by atoms with van der Waals surface area (Å²) in [6.45, 7) is 0. The third kappa shape index (κ3) is 1.47. The number of hydrogen-bond acceptors (Lipinski definition) is 3. The van der Waals surface area contributed by atoms with E-state index in [2.05, 4.69) is 16.0 Å². The number of nitrogens with zero attached hydrogens (tertiary/aromatic N) is 5. The maximum atomic E-state index is 8.92. The van der Waals surface area contributed by atoms with Crippen molar-refractivity contribution < 1.29 is 0 Å². The highest BCUT2D eigenvalue weighted by atomic mass is 15.1. The minimum atomic E-state index is 0.637. The van der Waals surface area contributed by atoms with Gasteiger partial charge in [0, 0.05) is 20.3 Å². The molecule has 2 aromatic heterocycles. The predicted molar refractivity (Wildman–Crippen MR) is 67.6 cm³/mol. The molecule has 0 fully saturated rings. The van der Waals surface area contributed by atoms with Crippen LogP contribution in [-0.2, 0) is 14.1 Å². The second-order valence-corrected chi connectivity index (χ2v) is 4.23. The van der Waals surface area contributed by atoms with Crippen molar-refractivity contribution >= 4 is 11.0 Å². The van der Waals surface area contributed by atoms with Crippen LogP contribution in [0.25, 0.3) is 22.6 Å². The first-order valence-electron chi connectivity index (χ1n) is 5.54. The Bertz CT molecular complexity index is 772. The Balaban J connectivity index is 2.26. The van der Waals surface area contributed by atoms with Crippen LogP contribution in [0.15, 0.2) is 30.7 Å². The van der Waals surface area contributed by atoms with E-state index in [0.717, 1.165) is 22.6 Å². The second kappa shape index (κ2) is 3.70. The van der Waals surface area contributed by atoms with Crippen LogP contribution in [0.4, 0.5) is 0 Å². The van der Waals surface area contributed by atoms with Crippen LogP contribution in [0, 0.1) is 11.3 Å². The van der Waals surface area contributed by atoms with Crippen LogP contribution in [0.5, 0.6) is 0 Å². The van der Waals surface area contributed by atoms with E-state index in [0.29, 0.717) is 5.56 Å². The van der Waals surface area contributed by atoms with Gasteiger partial charge in [-0.3, -0.25) is 0 Å². The molecule has 18 heavy (non-hydrogen) atoms. The topological polar surface area (TPSA) is 59.4 Å². The van der Waals surface area contributed by atoms with E-state index in [1.54, 1.807) is 12.4 Å². The molecule has 5 nitrogen and oxygen atoms in total. The van der Waals surface area contributed by atoms with Crippen molar-refractivity contribution in [3.05, 3.63) is 36.3 Å².